The third-order valence-corrected chi connectivity index (χ3v) is 7.98. The molecule has 1 saturated heterocycles. The average Bonchev–Trinajstić information content (AvgIpc) is 3.34. The number of nitrogens with zero attached hydrogens (tertiary/aromatic N) is 6. The monoisotopic (exact) mass is 573 g/mol. The van der Waals surface area contributed by atoms with Gasteiger partial charge in [0.15, 0.2) is 5.82 Å². The lowest BCUT2D eigenvalue weighted by Crippen LogP contribution is -2.47. The number of halogens is 4. The lowest BCUT2D eigenvalue weighted by Gasteiger charge is -2.41. The minimum absolute atomic E-state index is 0.0256. The van der Waals surface area contributed by atoms with Crippen molar-refractivity contribution in [2.45, 2.75) is 50.2 Å². The highest BCUT2D eigenvalue weighted by Gasteiger charge is 2.40. The molecule has 0 spiro atoms. The van der Waals surface area contributed by atoms with Crippen molar-refractivity contribution in [3.63, 3.8) is 0 Å². The van der Waals surface area contributed by atoms with E-state index in [-0.39, 0.29) is 16.4 Å². The Morgan fingerprint density at radius 2 is 1.90 bits per heavy atom. The van der Waals surface area contributed by atoms with Gasteiger partial charge in [-0.15, -0.1) is 0 Å². The first-order chi connectivity index (χ1) is 19.1. The van der Waals surface area contributed by atoms with E-state index >= 15 is 0 Å². The molecule has 1 saturated carbocycles. The van der Waals surface area contributed by atoms with E-state index in [1.807, 2.05) is 0 Å². The molecule has 210 valence electrons. The summed E-state index contributed by atoms with van der Waals surface area (Å²) in [5.41, 5.74) is -0.00402. The van der Waals surface area contributed by atoms with Gasteiger partial charge in [0.2, 0.25) is 0 Å². The first-order valence-corrected chi connectivity index (χ1v) is 13.3. The summed E-state index contributed by atoms with van der Waals surface area (Å²) in [6, 6.07) is 7.20. The lowest BCUT2D eigenvalue weighted by atomic mass is 9.71. The quantitative estimate of drug-likeness (QED) is 0.461. The minimum atomic E-state index is -4.59. The van der Waals surface area contributed by atoms with E-state index in [2.05, 4.69) is 31.4 Å². The van der Waals surface area contributed by atoms with Crippen LogP contribution in [0, 0.1) is 18.3 Å². The van der Waals surface area contributed by atoms with Crippen LogP contribution in [0.4, 0.5) is 18.9 Å². The molecule has 0 atom stereocenters. The molecule has 0 radical (unpaired) electrons. The molecule has 3 aromatic heterocycles. The number of anilines is 1. The summed E-state index contributed by atoms with van der Waals surface area (Å²) in [5.74, 6) is -0.510. The predicted molar refractivity (Wildman–Crippen MR) is 140 cm³/mol. The molecule has 2 aliphatic rings. The van der Waals surface area contributed by atoms with Crippen LogP contribution in [0.5, 0.6) is 0 Å². The van der Waals surface area contributed by atoms with E-state index in [1.54, 1.807) is 19.1 Å². The van der Waals surface area contributed by atoms with E-state index in [4.69, 9.17) is 16.3 Å². The van der Waals surface area contributed by atoms with Gasteiger partial charge >= 0.3 is 6.18 Å². The molecule has 1 aliphatic heterocycles. The van der Waals surface area contributed by atoms with Crippen LogP contribution >= 0.6 is 11.6 Å². The van der Waals surface area contributed by atoms with Crippen LogP contribution in [-0.4, -0.2) is 62.9 Å². The number of nitrogens with one attached hydrogen (secondary N) is 1. The highest BCUT2D eigenvalue weighted by atomic mass is 35.5. The predicted octanol–water partition coefficient (Wildman–Crippen LogP) is 4.93. The number of ether oxygens (including phenoxy) is 1. The molecule has 3 aromatic rings. The fraction of sp³-hybridized carbons (Fsp3) is 0.444. The van der Waals surface area contributed by atoms with Gasteiger partial charge in [-0.05, 0) is 50.8 Å². The second kappa shape index (κ2) is 11.2. The standard InChI is InChI=1S/C27H27ClF3N7O2/c1-17-21(15-35-38(17)24-22(28)12-18(13-34-24)27(29,30)31)25(39)36-19-2-3-23(33-14-19)26(16-32)6-4-20(5-7-26)37-8-10-40-11-9-37/h2-3,12-15,20H,4-11H2,1H3,(H,36,39)/t20-,26-. The summed E-state index contributed by atoms with van der Waals surface area (Å²) in [6.45, 7) is 4.92. The first kappa shape index (κ1) is 28.0. The van der Waals surface area contributed by atoms with E-state index in [0.29, 0.717) is 42.2 Å². The van der Waals surface area contributed by atoms with E-state index in [9.17, 15) is 23.2 Å². The molecule has 13 heteroatoms. The van der Waals surface area contributed by atoms with Gasteiger partial charge in [-0.1, -0.05) is 11.6 Å². The molecule has 0 bridgehead atoms. The molecule has 5 rings (SSSR count). The van der Waals surface area contributed by atoms with Gasteiger partial charge in [0.05, 0.1) is 70.3 Å². The fourth-order valence-corrected chi connectivity index (χ4v) is 5.61. The summed E-state index contributed by atoms with van der Waals surface area (Å²) in [4.78, 5) is 23.8. The smallest absolute Gasteiger partial charge is 0.379 e. The molecule has 1 N–H and O–H groups in total. The normalized spacial score (nSPS) is 22.1. The summed E-state index contributed by atoms with van der Waals surface area (Å²) in [7, 11) is 0. The van der Waals surface area contributed by atoms with Gasteiger partial charge in [0, 0.05) is 25.3 Å². The van der Waals surface area contributed by atoms with E-state index in [0.717, 1.165) is 45.2 Å². The maximum Gasteiger partial charge on any atom is 0.417 e. The van der Waals surface area contributed by atoms with Crippen molar-refractivity contribution in [3.05, 3.63) is 64.3 Å². The summed E-state index contributed by atoms with van der Waals surface area (Å²) in [5, 5.41) is 16.7. The second-order valence-corrected chi connectivity index (χ2v) is 10.4. The molecule has 1 aliphatic carbocycles. The van der Waals surface area contributed by atoms with Crippen LogP contribution < -0.4 is 5.32 Å². The number of rotatable bonds is 5. The van der Waals surface area contributed by atoms with Crippen molar-refractivity contribution < 1.29 is 22.7 Å². The number of carbonyl (C=O) groups excluding carboxylic acids is 1. The van der Waals surface area contributed by atoms with E-state index in [1.165, 1.54) is 17.1 Å². The van der Waals surface area contributed by atoms with Crippen LogP contribution in [0.15, 0.2) is 36.8 Å². The Hall–Kier alpha value is -3.53. The fourth-order valence-electron chi connectivity index (χ4n) is 5.37. The van der Waals surface area contributed by atoms with Crippen LogP contribution in [0.3, 0.4) is 0 Å². The van der Waals surface area contributed by atoms with Crippen LogP contribution in [0.25, 0.3) is 5.82 Å². The largest absolute Gasteiger partial charge is 0.417 e. The maximum absolute atomic E-state index is 13.0. The number of aromatic nitrogens is 4. The molecule has 0 aromatic carbocycles. The second-order valence-electron chi connectivity index (χ2n) is 10.0. The maximum atomic E-state index is 13.0. The van der Waals surface area contributed by atoms with Gasteiger partial charge in [-0.25, -0.2) is 9.67 Å². The zero-order chi connectivity index (χ0) is 28.5. The molecule has 9 nitrogen and oxygen atoms in total. The number of nitriles is 1. The minimum Gasteiger partial charge on any atom is -0.379 e. The summed E-state index contributed by atoms with van der Waals surface area (Å²) in [6.07, 6.45) is 2.14. The highest BCUT2D eigenvalue weighted by molar-refractivity contribution is 6.32. The lowest BCUT2D eigenvalue weighted by molar-refractivity contribution is -0.137. The third-order valence-electron chi connectivity index (χ3n) is 7.70. The summed E-state index contributed by atoms with van der Waals surface area (Å²) < 4.78 is 45.5. The highest BCUT2D eigenvalue weighted by Crippen LogP contribution is 2.40. The Bertz CT molecular complexity index is 1420. The van der Waals surface area contributed by atoms with Crippen molar-refractivity contribution in [2.75, 3.05) is 31.6 Å². The number of hydrogen-bond acceptors (Lipinski definition) is 7. The van der Waals surface area contributed by atoms with Crippen molar-refractivity contribution in [2.24, 2.45) is 0 Å². The first-order valence-electron chi connectivity index (χ1n) is 12.9. The number of carbonyl (C=O) groups is 1. The van der Waals surface area contributed by atoms with Gasteiger partial charge in [0.1, 0.15) is 0 Å². The molecule has 40 heavy (non-hydrogen) atoms. The van der Waals surface area contributed by atoms with Crippen LogP contribution in [0.1, 0.15) is 53.0 Å². The Labute approximate surface area is 233 Å². The Morgan fingerprint density at radius 1 is 1.18 bits per heavy atom. The molecular formula is C27H27ClF3N7O2. The Kier molecular flexibility index (Phi) is 7.81. The number of pyridine rings is 2. The zero-order valence-electron chi connectivity index (χ0n) is 21.7. The van der Waals surface area contributed by atoms with Crippen molar-refractivity contribution in [3.8, 4) is 11.9 Å². The Balaban J connectivity index is 1.26. The van der Waals surface area contributed by atoms with Gasteiger partial charge in [-0.2, -0.15) is 23.5 Å². The van der Waals surface area contributed by atoms with Crippen molar-refractivity contribution >= 4 is 23.2 Å². The van der Waals surface area contributed by atoms with Crippen LogP contribution in [0.2, 0.25) is 5.02 Å². The number of morpholine rings is 1. The third kappa shape index (κ3) is 5.54. The number of amides is 1. The summed E-state index contributed by atoms with van der Waals surface area (Å²) >= 11 is 6.05. The molecule has 4 heterocycles. The molecule has 1 amide bonds. The average molecular weight is 574 g/mol. The van der Waals surface area contributed by atoms with Gasteiger partial charge in [-0.3, -0.25) is 14.7 Å². The molecular weight excluding hydrogens is 547 g/mol. The number of hydrogen-bond donors (Lipinski definition) is 1. The van der Waals surface area contributed by atoms with Gasteiger partial charge in [0.25, 0.3) is 5.91 Å². The number of alkyl halides is 3. The molecule has 2 fully saturated rings. The SMILES string of the molecule is Cc1c(C(=O)Nc2ccc([C@]3(C#N)CC[C@@H](N4CCOCC4)CC3)nc2)cnn1-c1ncc(C(F)(F)F)cc1Cl. The topological polar surface area (TPSA) is 109 Å². The Morgan fingerprint density at radius 3 is 2.50 bits per heavy atom. The molecule has 0 unspecified atom stereocenters. The van der Waals surface area contributed by atoms with Crippen molar-refractivity contribution in [1.82, 2.24) is 24.6 Å². The van der Waals surface area contributed by atoms with Gasteiger partial charge < -0.3 is 10.1 Å². The van der Waals surface area contributed by atoms with E-state index < -0.39 is 23.1 Å². The van der Waals surface area contributed by atoms with Crippen LogP contribution in [-0.2, 0) is 16.3 Å². The van der Waals surface area contributed by atoms with Crippen molar-refractivity contribution in [1.29, 1.82) is 5.26 Å². The zero-order valence-corrected chi connectivity index (χ0v) is 22.5.